The molecule has 45 valence electrons. The van der Waals surface area contributed by atoms with Crippen LogP contribution in [0.15, 0.2) is 0 Å². The van der Waals surface area contributed by atoms with E-state index in [9.17, 15) is 0 Å². The average molecular weight is 191 g/mol. The second kappa shape index (κ2) is 8.12. The van der Waals surface area contributed by atoms with Crippen molar-refractivity contribution in [2.45, 2.75) is 0 Å². The van der Waals surface area contributed by atoms with Gasteiger partial charge in [-0.1, -0.05) is 0 Å². The van der Waals surface area contributed by atoms with Crippen LogP contribution in [0.2, 0.25) is 0 Å². The topological polar surface area (TPSA) is 109 Å². The molecule has 0 aromatic rings. The molecule has 0 saturated heterocycles. The van der Waals surface area contributed by atoms with Crippen LogP contribution >= 0.6 is 0 Å². The van der Waals surface area contributed by atoms with Crippen molar-refractivity contribution in [3.05, 3.63) is 0 Å². The standard InChI is InChI=1S/Mg.Mn.H2O4S.O/c;;1-5(2,3)4;/h;;(H2,1,2,3,4);/q2*+2;;-2/p-2. The quantitative estimate of drug-likeness (QED) is 0.254. The fourth-order valence-electron chi connectivity index (χ4n) is 0. The van der Waals surface area contributed by atoms with Crippen LogP contribution in [0.5, 0.6) is 0 Å². The predicted molar refractivity (Wildman–Crippen MR) is 16.9 cm³/mol. The van der Waals surface area contributed by atoms with Gasteiger partial charge in [0.15, 0.2) is 0 Å². The summed E-state index contributed by atoms with van der Waals surface area (Å²) in [5, 5.41) is 0. The Labute approximate surface area is 73.4 Å². The third-order valence-corrected chi connectivity index (χ3v) is 0. The molecule has 0 N–H and O–H groups in total. The SMILES string of the molecule is O=S(=O)([O-])[O-].[Mg+2].[Mn+2].[O-2]. The Hall–Kier alpha value is 1.12. The zero-order valence-electron chi connectivity index (χ0n) is 3.53. The van der Waals surface area contributed by atoms with Gasteiger partial charge in [0.05, 0.1) is 0 Å². The van der Waals surface area contributed by atoms with Crippen LogP contribution < -0.4 is 0 Å². The minimum atomic E-state index is -5.17. The Morgan fingerprint density at radius 1 is 1.12 bits per heavy atom. The Kier molecular flexibility index (Phi) is 23.3. The summed E-state index contributed by atoms with van der Waals surface area (Å²) in [6.07, 6.45) is 0. The van der Waals surface area contributed by atoms with Gasteiger partial charge >= 0.3 is 40.1 Å². The number of rotatable bonds is 0. The van der Waals surface area contributed by atoms with Crippen LogP contribution in [0.3, 0.4) is 0 Å². The van der Waals surface area contributed by atoms with E-state index in [1.807, 2.05) is 0 Å². The van der Waals surface area contributed by atoms with Crippen molar-refractivity contribution in [2.75, 3.05) is 0 Å². The molecule has 0 fully saturated rings. The van der Waals surface area contributed by atoms with Gasteiger partial charge in [-0.3, -0.25) is 8.42 Å². The van der Waals surface area contributed by atoms with Gasteiger partial charge in [0.25, 0.3) is 0 Å². The molecule has 5 nitrogen and oxygen atoms in total. The normalized spacial score (nSPS) is 7.25. The molecule has 0 saturated carbocycles. The molecule has 0 heterocycles. The maximum absolute atomic E-state index is 8.52. The fourth-order valence-corrected chi connectivity index (χ4v) is 0. The summed E-state index contributed by atoms with van der Waals surface area (Å²) in [5.41, 5.74) is 0. The number of hydrogen-bond acceptors (Lipinski definition) is 4. The summed E-state index contributed by atoms with van der Waals surface area (Å²) in [6.45, 7) is 0. The van der Waals surface area contributed by atoms with E-state index in [1.54, 1.807) is 0 Å². The van der Waals surface area contributed by atoms with Crippen molar-refractivity contribution in [1.82, 2.24) is 0 Å². The van der Waals surface area contributed by atoms with Gasteiger partial charge in [-0.15, -0.1) is 0 Å². The van der Waals surface area contributed by atoms with Gasteiger partial charge in [0, 0.05) is 10.4 Å². The van der Waals surface area contributed by atoms with Crippen LogP contribution in [0, 0.1) is 0 Å². The molecular weight excluding hydrogens is 191 g/mol. The van der Waals surface area contributed by atoms with Gasteiger partial charge in [-0.25, -0.2) is 0 Å². The predicted octanol–water partition coefficient (Wildman–Crippen LogP) is -1.84. The zero-order chi connectivity index (χ0) is 4.50. The van der Waals surface area contributed by atoms with Crippen LogP contribution in [0.4, 0.5) is 0 Å². The van der Waals surface area contributed by atoms with Crippen molar-refractivity contribution in [3.8, 4) is 0 Å². The summed E-state index contributed by atoms with van der Waals surface area (Å²) in [5.74, 6) is 0. The summed E-state index contributed by atoms with van der Waals surface area (Å²) >= 11 is 0. The molecular formula is MgMnO5S. The number of hydrogen-bond donors (Lipinski definition) is 0. The van der Waals surface area contributed by atoms with Crippen molar-refractivity contribution in [1.29, 1.82) is 0 Å². The first-order valence-electron chi connectivity index (χ1n) is 0.667. The monoisotopic (exact) mass is 191 g/mol. The van der Waals surface area contributed by atoms with Gasteiger partial charge in [-0.2, -0.15) is 0 Å². The van der Waals surface area contributed by atoms with Crippen LogP contribution in [0.25, 0.3) is 0 Å². The molecule has 0 atom stereocenters. The van der Waals surface area contributed by atoms with Crippen molar-refractivity contribution in [3.63, 3.8) is 0 Å². The Morgan fingerprint density at radius 3 is 1.12 bits per heavy atom. The third-order valence-electron chi connectivity index (χ3n) is 0. The molecule has 0 aliphatic rings. The molecule has 1 radical (unpaired) electrons. The molecule has 0 aliphatic carbocycles. The molecule has 0 bridgehead atoms. The van der Waals surface area contributed by atoms with Gasteiger partial charge in [0.1, 0.15) is 0 Å². The summed E-state index contributed by atoms with van der Waals surface area (Å²) in [6, 6.07) is 0. The molecule has 0 aliphatic heterocycles. The second-order valence-corrected chi connectivity index (χ2v) is 1.22. The van der Waals surface area contributed by atoms with E-state index >= 15 is 0 Å². The molecule has 0 unspecified atom stereocenters. The molecule has 0 aromatic heterocycles. The van der Waals surface area contributed by atoms with Crippen molar-refractivity contribution in [2.24, 2.45) is 0 Å². The molecule has 0 amide bonds. The van der Waals surface area contributed by atoms with Crippen LogP contribution in [-0.4, -0.2) is 40.6 Å². The van der Waals surface area contributed by atoms with E-state index in [4.69, 9.17) is 17.5 Å². The minimum absolute atomic E-state index is 0. The minimum Gasteiger partial charge on any atom is -2.00 e. The van der Waals surface area contributed by atoms with E-state index in [0.717, 1.165) is 0 Å². The molecule has 8 heavy (non-hydrogen) atoms. The molecule has 8 heteroatoms. The largest absolute Gasteiger partial charge is 2.00 e. The summed E-state index contributed by atoms with van der Waals surface area (Å²) in [7, 11) is -5.17. The van der Waals surface area contributed by atoms with Gasteiger partial charge in [-0.05, 0) is 0 Å². The van der Waals surface area contributed by atoms with E-state index in [2.05, 4.69) is 0 Å². The zero-order valence-corrected chi connectivity index (χ0v) is 6.95. The van der Waals surface area contributed by atoms with Gasteiger partial charge < -0.3 is 14.6 Å². The first-order chi connectivity index (χ1) is 2.00. The van der Waals surface area contributed by atoms with Gasteiger partial charge in [0.2, 0.25) is 0 Å². The van der Waals surface area contributed by atoms with E-state index < -0.39 is 10.4 Å². The molecule has 0 spiro atoms. The second-order valence-electron chi connectivity index (χ2n) is 0.408. The van der Waals surface area contributed by atoms with Crippen molar-refractivity contribution < 1.29 is 40.1 Å². The average Bonchev–Trinajstić information content (AvgIpc) is 0.722. The van der Waals surface area contributed by atoms with Crippen LogP contribution in [0.1, 0.15) is 0 Å². The summed E-state index contributed by atoms with van der Waals surface area (Å²) < 4.78 is 34.1. The Balaban J connectivity index is -0.0000000267. The molecule has 0 rings (SSSR count). The summed E-state index contributed by atoms with van der Waals surface area (Å²) in [4.78, 5) is 0. The first-order valence-corrected chi connectivity index (χ1v) is 2.00. The Morgan fingerprint density at radius 2 is 1.12 bits per heavy atom. The maximum atomic E-state index is 8.52. The molecule has 0 aromatic carbocycles. The van der Waals surface area contributed by atoms with Crippen LogP contribution in [-0.2, 0) is 32.9 Å². The van der Waals surface area contributed by atoms with E-state index in [0.29, 0.717) is 0 Å². The smallest absolute Gasteiger partial charge is 2.00 e. The first kappa shape index (κ1) is 22.9. The maximum Gasteiger partial charge on any atom is 2.00 e. The van der Waals surface area contributed by atoms with E-state index in [-0.39, 0.29) is 45.6 Å². The Bertz CT molecular complexity index is 95.6. The third kappa shape index (κ3) is 214. The van der Waals surface area contributed by atoms with Crippen molar-refractivity contribution >= 4 is 33.5 Å². The fraction of sp³-hybridized carbons (Fsp3) is 0. The van der Waals surface area contributed by atoms with E-state index in [1.165, 1.54) is 0 Å².